The van der Waals surface area contributed by atoms with Crippen LogP contribution in [0.4, 0.5) is 0 Å². The zero-order valence-corrected chi connectivity index (χ0v) is 18.5. The van der Waals surface area contributed by atoms with E-state index in [9.17, 15) is 9.59 Å². The number of hydrogen-bond donors (Lipinski definition) is 0. The summed E-state index contributed by atoms with van der Waals surface area (Å²) in [5.74, 6) is 0.459. The van der Waals surface area contributed by atoms with Gasteiger partial charge < -0.3 is 14.2 Å². The summed E-state index contributed by atoms with van der Waals surface area (Å²) in [6.45, 7) is 8.06. The summed E-state index contributed by atoms with van der Waals surface area (Å²) in [5.41, 5.74) is 0.397. The predicted octanol–water partition coefficient (Wildman–Crippen LogP) is 5.36. The van der Waals surface area contributed by atoms with Crippen LogP contribution in [0.3, 0.4) is 0 Å². The first-order chi connectivity index (χ1) is 14.0. The van der Waals surface area contributed by atoms with Gasteiger partial charge in [-0.1, -0.05) is 39.2 Å². The number of ether oxygens (including phenoxy) is 3. The topological polar surface area (TPSA) is 61.8 Å². The molecule has 5 nitrogen and oxygen atoms in total. The summed E-state index contributed by atoms with van der Waals surface area (Å²) < 4.78 is 16.7. The summed E-state index contributed by atoms with van der Waals surface area (Å²) in [6, 6.07) is 0. The van der Waals surface area contributed by atoms with Gasteiger partial charge in [-0.05, 0) is 64.2 Å². The molecule has 0 aliphatic heterocycles. The molecule has 0 aromatic rings. The lowest BCUT2D eigenvalue weighted by Gasteiger charge is -2.31. The molecule has 29 heavy (non-hydrogen) atoms. The largest absolute Gasteiger partial charge is 0.462 e. The molecule has 0 saturated heterocycles. The van der Waals surface area contributed by atoms with Gasteiger partial charge in [-0.3, -0.25) is 4.79 Å². The molecule has 0 amide bonds. The summed E-state index contributed by atoms with van der Waals surface area (Å²) >= 11 is 0. The first kappa shape index (κ1) is 23.9. The second-order valence-corrected chi connectivity index (χ2v) is 8.84. The Labute approximate surface area is 176 Å². The Bertz CT molecular complexity index is 513. The van der Waals surface area contributed by atoms with Crippen molar-refractivity contribution in [3.63, 3.8) is 0 Å². The molecule has 5 heteroatoms. The van der Waals surface area contributed by atoms with Crippen LogP contribution in [-0.2, 0) is 23.8 Å². The Morgan fingerprint density at radius 3 is 2.17 bits per heavy atom. The molecular weight excluding hydrogens is 368 g/mol. The summed E-state index contributed by atoms with van der Waals surface area (Å²) in [5, 5.41) is 0. The second kappa shape index (κ2) is 13.0. The van der Waals surface area contributed by atoms with Crippen molar-refractivity contribution in [1.82, 2.24) is 0 Å². The van der Waals surface area contributed by atoms with E-state index in [1.807, 2.05) is 0 Å². The van der Waals surface area contributed by atoms with Crippen LogP contribution in [0.1, 0.15) is 90.9 Å². The van der Waals surface area contributed by atoms with Crippen molar-refractivity contribution in [2.75, 3.05) is 13.2 Å². The molecule has 0 radical (unpaired) electrons. The van der Waals surface area contributed by atoms with E-state index in [0.717, 1.165) is 44.4 Å². The van der Waals surface area contributed by atoms with E-state index in [1.54, 1.807) is 6.92 Å². The van der Waals surface area contributed by atoms with Crippen molar-refractivity contribution in [2.24, 2.45) is 11.8 Å². The van der Waals surface area contributed by atoms with Crippen LogP contribution in [0.5, 0.6) is 0 Å². The third kappa shape index (κ3) is 8.90. The van der Waals surface area contributed by atoms with Crippen LogP contribution in [0.2, 0.25) is 0 Å². The Morgan fingerprint density at radius 2 is 1.55 bits per heavy atom. The van der Waals surface area contributed by atoms with Gasteiger partial charge in [-0.25, -0.2) is 4.79 Å². The van der Waals surface area contributed by atoms with Gasteiger partial charge in [0.1, 0.15) is 12.7 Å². The highest BCUT2D eigenvalue weighted by Gasteiger charge is 2.31. The predicted molar refractivity (Wildman–Crippen MR) is 113 cm³/mol. The average Bonchev–Trinajstić information content (AvgIpc) is 2.72. The maximum atomic E-state index is 12.5. The SMILES string of the molecule is C=C(C)C(=O)OCCOC1CCC(C(=O)OC2CCC(CCCCC)CC2)CC1. The maximum absolute atomic E-state index is 12.5. The molecule has 2 fully saturated rings. The minimum atomic E-state index is -0.380. The molecule has 2 saturated carbocycles. The molecule has 2 aliphatic rings. The molecule has 2 rings (SSSR count). The fourth-order valence-corrected chi connectivity index (χ4v) is 4.42. The summed E-state index contributed by atoms with van der Waals surface area (Å²) in [6.07, 6.45) is 13.4. The molecule has 0 aromatic heterocycles. The molecule has 0 unspecified atom stereocenters. The second-order valence-electron chi connectivity index (χ2n) is 8.84. The smallest absolute Gasteiger partial charge is 0.333 e. The fourth-order valence-electron chi connectivity index (χ4n) is 4.42. The lowest BCUT2D eigenvalue weighted by molar-refractivity contribution is -0.158. The van der Waals surface area contributed by atoms with E-state index in [2.05, 4.69) is 13.5 Å². The molecule has 0 aromatic carbocycles. The van der Waals surface area contributed by atoms with E-state index >= 15 is 0 Å². The van der Waals surface area contributed by atoms with Gasteiger partial charge in [0.25, 0.3) is 0 Å². The van der Waals surface area contributed by atoms with Gasteiger partial charge >= 0.3 is 11.9 Å². The standard InChI is InChI=1S/C24H40O5/c1-4-5-6-7-19-8-12-22(13-9-19)29-24(26)20-10-14-21(15-11-20)27-16-17-28-23(25)18(2)3/h19-22H,2,4-17H2,1,3H3. The Hall–Kier alpha value is -1.36. The van der Waals surface area contributed by atoms with Gasteiger partial charge in [0.2, 0.25) is 0 Å². The molecule has 166 valence electrons. The van der Waals surface area contributed by atoms with E-state index in [0.29, 0.717) is 12.2 Å². The number of hydrogen-bond acceptors (Lipinski definition) is 5. The average molecular weight is 409 g/mol. The molecule has 0 heterocycles. The van der Waals surface area contributed by atoms with E-state index in [1.165, 1.54) is 38.5 Å². The van der Waals surface area contributed by atoms with Crippen LogP contribution < -0.4 is 0 Å². The van der Waals surface area contributed by atoms with Crippen molar-refractivity contribution in [1.29, 1.82) is 0 Å². The Balaban J connectivity index is 1.56. The number of carbonyl (C=O) groups is 2. The number of unbranched alkanes of at least 4 members (excludes halogenated alkanes) is 2. The molecular formula is C24H40O5. The van der Waals surface area contributed by atoms with E-state index in [-0.39, 0.29) is 36.7 Å². The van der Waals surface area contributed by atoms with Gasteiger partial charge in [0.15, 0.2) is 0 Å². The third-order valence-corrected chi connectivity index (χ3v) is 6.32. The normalized spacial score (nSPS) is 27.2. The molecule has 2 aliphatic carbocycles. The van der Waals surface area contributed by atoms with Gasteiger partial charge in [0.05, 0.1) is 18.6 Å². The van der Waals surface area contributed by atoms with Crippen LogP contribution in [0, 0.1) is 11.8 Å². The van der Waals surface area contributed by atoms with Gasteiger partial charge in [-0.15, -0.1) is 0 Å². The summed E-state index contributed by atoms with van der Waals surface area (Å²) in [4.78, 5) is 23.9. The quantitative estimate of drug-likeness (QED) is 0.261. The third-order valence-electron chi connectivity index (χ3n) is 6.32. The van der Waals surface area contributed by atoms with Crippen molar-refractivity contribution < 1.29 is 23.8 Å². The van der Waals surface area contributed by atoms with Crippen LogP contribution in [0.15, 0.2) is 12.2 Å². The van der Waals surface area contributed by atoms with Crippen LogP contribution in [-0.4, -0.2) is 37.4 Å². The zero-order chi connectivity index (χ0) is 21.1. The Kier molecular flexibility index (Phi) is 10.8. The number of esters is 2. The zero-order valence-electron chi connectivity index (χ0n) is 18.5. The minimum Gasteiger partial charge on any atom is -0.462 e. The molecule has 0 atom stereocenters. The highest BCUT2D eigenvalue weighted by atomic mass is 16.6. The molecule has 0 N–H and O–H groups in total. The first-order valence-electron chi connectivity index (χ1n) is 11.6. The van der Waals surface area contributed by atoms with E-state index in [4.69, 9.17) is 14.2 Å². The van der Waals surface area contributed by atoms with E-state index < -0.39 is 0 Å². The van der Waals surface area contributed by atoms with Crippen molar-refractivity contribution in [3.8, 4) is 0 Å². The summed E-state index contributed by atoms with van der Waals surface area (Å²) in [7, 11) is 0. The molecule has 0 bridgehead atoms. The maximum Gasteiger partial charge on any atom is 0.333 e. The van der Waals surface area contributed by atoms with Gasteiger partial charge in [0, 0.05) is 5.57 Å². The van der Waals surface area contributed by atoms with Crippen molar-refractivity contribution in [3.05, 3.63) is 12.2 Å². The highest BCUT2D eigenvalue weighted by molar-refractivity contribution is 5.86. The van der Waals surface area contributed by atoms with Crippen LogP contribution in [0.25, 0.3) is 0 Å². The number of carbonyl (C=O) groups excluding carboxylic acids is 2. The highest BCUT2D eigenvalue weighted by Crippen LogP contribution is 2.32. The van der Waals surface area contributed by atoms with Crippen LogP contribution >= 0.6 is 0 Å². The lowest BCUT2D eigenvalue weighted by Crippen LogP contribution is -2.32. The Morgan fingerprint density at radius 1 is 0.897 bits per heavy atom. The minimum absolute atomic E-state index is 0.00623. The van der Waals surface area contributed by atoms with Crippen molar-refractivity contribution >= 4 is 11.9 Å². The first-order valence-corrected chi connectivity index (χ1v) is 11.6. The monoisotopic (exact) mass is 408 g/mol. The van der Waals surface area contributed by atoms with Gasteiger partial charge in [-0.2, -0.15) is 0 Å². The number of rotatable bonds is 11. The lowest BCUT2D eigenvalue weighted by atomic mass is 9.83. The fraction of sp³-hybridized carbons (Fsp3) is 0.833. The van der Waals surface area contributed by atoms with Crippen molar-refractivity contribution in [2.45, 2.75) is 103 Å². The molecule has 0 spiro atoms.